The maximum absolute atomic E-state index is 12.6. The normalized spacial score (nSPS) is 22.5. The van der Waals surface area contributed by atoms with E-state index >= 15 is 0 Å². The number of hydrogen-bond acceptors (Lipinski definition) is 3. The minimum atomic E-state index is -0.768. The van der Waals surface area contributed by atoms with Crippen molar-refractivity contribution >= 4 is 40.7 Å². The van der Waals surface area contributed by atoms with Crippen LogP contribution < -0.4 is 5.32 Å². The molecule has 1 spiro atoms. The Bertz CT molecular complexity index is 821. The Labute approximate surface area is 141 Å². The van der Waals surface area contributed by atoms with Gasteiger partial charge in [0.25, 0.3) is 5.91 Å². The van der Waals surface area contributed by atoms with E-state index in [1.165, 1.54) is 0 Å². The van der Waals surface area contributed by atoms with Crippen LogP contribution in [-0.2, 0) is 10.2 Å². The van der Waals surface area contributed by atoms with Crippen molar-refractivity contribution in [3.63, 3.8) is 0 Å². The minimum absolute atomic E-state index is 0.122. The van der Waals surface area contributed by atoms with Gasteiger partial charge in [-0.05, 0) is 30.2 Å². The molecule has 1 aromatic carbocycles. The van der Waals surface area contributed by atoms with Crippen molar-refractivity contribution in [1.82, 2.24) is 15.1 Å². The van der Waals surface area contributed by atoms with Crippen LogP contribution in [0, 0.1) is 0 Å². The molecule has 3 heterocycles. The van der Waals surface area contributed by atoms with Crippen molar-refractivity contribution in [3.05, 3.63) is 45.7 Å². The molecule has 6 nitrogen and oxygen atoms in total. The van der Waals surface area contributed by atoms with Crippen LogP contribution >= 0.6 is 23.2 Å². The summed E-state index contributed by atoms with van der Waals surface area (Å²) < 4.78 is 0. The standard InChI is InChI=1S/C15H12Cl2N4O2/c16-9-5-8-12(6-10(9)17)19-14(23)15(8)2-4-21(7-15)13(22)11-1-3-18-20-11/h1,3,5-6H,2,4,7H2,(H,18,20)(H,19,23)/t15-/m1/s1. The number of carbonyl (C=O) groups is 2. The number of aromatic nitrogens is 2. The lowest BCUT2D eigenvalue weighted by Crippen LogP contribution is -2.39. The van der Waals surface area contributed by atoms with Gasteiger partial charge in [-0.1, -0.05) is 23.2 Å². The first kappa shape index (κ1) is 14.5. The first-order chi connectivity index (χ1) is 11.0. The molecule has 0 bridgehead atoms. The first-order valence-electron chi connectivity index (χ1n) is 7.11. The predicted molar refractivity (Wildman–Crippen MR) is 85.9 cm³/mol. The second-order valence-electron chi connectivity index (χ2n) is 5.78. The number of nitrogens with one attached hydrogen (secondary N) is 2. The van der Waals surface area contributed by atoms with Crippen molar-refractivity contribution in [2.24, 2.45) is 0 Å². The summed E-state index contributed by atoms with van der Waals surface area (Å²) in [6.45, 7) is 0.786. The van der Waals surface area contributed by atoms with Gasteiger partial charge in [-0.15, -0.1) is 0 Å². The van der Waals surface area contributed by atoms with E-state index in [-0.39, 0.29) is 11.8 Å². The molecule has 0 unspecified atom stereocenters. The number of H-pyrrole nitrogens is 1. The molecule has 0 saturated carbocycles. The molecule has 8 heteroatoms. The SMILES string of the molecule is O=C(c1cc[nH]n1)N1CC[C@]2(C1)C(=O)Nc1cc(Cl)c(Cl)cc12. The second kappa shape index (κ2) is 4.97. The molecule has 2 aliphatic rings. The highest BCUT2D eigenvalue weighted by Crippen LogP contribution is 2.46. The number of aromatic amines is 1. The topological polar surface area (TPSA) is 78.1 Å². The number of anilines is 1. The number of hydrogen-bond donors (Lipinski definition) is 2. The molecule has 2 aromatic rings. The lowest BCUT2D eigenvalue weighted by molar-refractivity contribution is -0.120. The van der Waals surface area contributed by atoms with Gasteiger partial charge in [0.1, 0.15) is 5.69 Å². The Morgan fingerprint density at radius 1 is 1.30 bits per heavy atom. The molecule has 1 fully saturated rings. The summed E-state index contributed by atoms with van der Waals surface area (Å²) >= 11 is 12.1. The summed E-state index contributed by atoms with van der Waals surface area (Å²) in [5, 5.41) is 10.2. The number of carbonyl (C=O) groups excluding carboxylic acids is 2. The Morgan fingerprint density at radius 3 is 2.83 bits per heavy atom. The van der Waals surface area contributed by atoms with Gasteiger partial charge in [0.2, 0.25) is 5.91 Å². The van der Waals surface area contributed by atoms with Crippen molar-refractivity contribution < 1.29 is 9.59 Å². The fourth-order valence-electron chi connectivity index (χ4n) is 3.34. The van der Waals surface area contributed by atoms with Gasteiger partial charge in [-0.3, -0.25) is 14.7 Å². The van der Waals surface area contributed by atoms with E-state index in [0.29, 0.717) is 40.9 Å². The number of amides is 2. The number of rotatable bonds is 1. The van der Waals surface area contributed by atoms with Crippen LogP contribution in [0.3, 0.4) is 0 Å². The zero-order chi connectivity index (χ0) is 16.2. The van der Waals surface area contributed by atoms with E-state index in [4.69, 9.17) is 23.2 Å². The molecule has 23 heavy (non-hydrogen) atoms. The third-order valence-corrected chi connectivity index (χ3v) is 5.26. The Morgan fingerprint density at radius 2 is 2.09 bits per heavy atom. The summed E-state index contributed by atoms with van der Waals surface area (Å²) in [7, 11) is 0. The summed E-state index contributed by atoms with van der Waals surface area (Å²) in [5.74, 6) is -0.312. The number of halogens is 2. The molecular formula is C15H12Cl2N4O2. The van der Waals surface area contributed by atoms with E-state index in [2.05, 4.69) is 15.5 Å². The van der Waals surface area contributed by atoms with Gasteiger partial charge < -0.3 is 10.2 Å². The highest BCUT2D eigenvalue weighted by atomic mass is 35.5. The van der Waals surface area contributed by atoms with E-state index in [1.54, 1.807) is 29.3 Å². The molecule has 2 N–H and O–H groups in total. The highest BCUT2D eigenvalue weighted by Gasteiger charge is 2.52. The molecule has 1 saturated heterocycles. The van der Waals surface area contributed by atoms with Crippen LogP contribution in [0.5, 0.6) is 0 Å². The number of benzene rings is 1. The summed E-state index contributed by atoms with van der Waals surface area (Å²) in [6.07, 6.45) is 2.14. The summed E-state index contributed by atoms with van der Waals surface area (Å²) in [5.41, 5.74) is 1.04. The fourth-order valence-corrected chi connectivity index (χ4v) is 3.67. The van der Waals surface area contributed by atoms with Crippen molar-refractivity contribution in [2.75, 3.05) is 18.4 Å². The van der Waals surface area contributed by atoms with Crippen LogP contribution in [0.15, 0.2) is 24.4 Å². The quantitative estimate of drug-likeness (QED) is 0.829. The molecule has 0 radical (unpaired) electrons. The predicted octanol–water partition coefficient (Wildman–Crippen LogP) is 2.45. The van der Waals surface area contributed by atoms with E-state index < -0.39 is 5.41 Å². The van der Waals surface area contributed by atoms with Crippen LogP contribution in [0.2, 0.25) is 10.0 Å². The molecule has 118 valence electrons. The van der Waals surface area contributed by atoms with Crippen LogP contribution in [0.1, 0.15) is 22.5 Å². The highest BCUT2D eigenvalue weighted by molar-refractivity contribution is 6.42. The molecular weight excluding hydrogens is 339 g/mol. The first-order valence-corrected chi connectivity index (χ1v) is 7.87. The van der Waals surface area contributed by atoms with Crippen molar-refractivity contribution in [1.29, 1.82) is 0 Å². The minimum Gasteiger partial charge on any atom is -0.336 e. The average molecular weight is 351 g/mol. The molecule has 4 rings (SSSR count). The maximum atomic E-state index is 12.6. The van der Waals surface area contributed by atoms with Crippen molar-refractivity contribution in [3.8, 4) is 0 Å². The summed E-state index contributed by atoms with van der Waals surface area (Å²) in [6, 6.07) is 5.00. The monoisotopic (exact) mass is 350 g/mol. The Balaban J connectivity index is 1.70. The van der Waals surface area contributed by atoms with Gasteiger partial charge in [0, 0.05) is 25.0 Å². The zero-order valence-corrected chi connectivity index (χ0v) is 13.4. The lowest BCUT2D eigenvalue weighted by atomic mass is 9.81. The van der Waals surface area contributed by atoms with Gasteiger partial charge in [-0.25, -0.2) is 0 Å². The third kappa shape index (κ3) is 2.05. The van der Waals surface area contributed by atoms with Crippen LogP contribution in [0.25, 0.3) is 0 Å². The average Bonchev–Trinajstić information content (AvgIpc) is 3.23. The van der Waals surface area contributed by atoms with Gasteiger partial charge in [0.15, 0.2) is 0 Å². The van der Waals surface area contributed by atoms with Crippen molar-refractivity contribution in [2.45, 2.75) is 11.8 Å². The molecule has 1 aromatic heterocycles. The number of nitrogens with zero attached hydrogens (tertiary/aromatic N) is 2. The fraction of sp³-hybridized carbons (Fsp3) is 0.267. The molecule has 2 aliphatic heterocycles. The molecule has 0 aliphatic carbocycles. The van der Waals surface area contributed by atoms with Crippen LogP contribution in [0.4, 0.5) is 5.69 Å². The molecule has 2 amide bonds. The maximum Gasteiger partial charge on any atom is 0.274 e. The third-order valence-electron chi connectivity index (χ3n) is 4.54. The summed E-state index contributed by atoms with van der Waals surface area (Å²) in [4.78, 5) is 26.7. The Kier molecular flexibility index (Phi) is 3.14. The second-order valence-corrected chi connectivity index (χ2v) is 6.60. The number of likely N-dealkylation sites (tertiary alicyclic amines) is 1. The van der Waals surface area contributed by atoms with Gasteiger partial charge in [0.05, 0.1) is 15.5 Å². The number of fused-ring (bicyclic) bond motifs is 2. The lowest BCUT2D eigenvalue weighted by Gasteiger charge is -2.22. The zero-order valence-electron chi connectivity index (χ0n) is 11.9. The molecule has 1 atom stereocenters. The van der Waals surface area contributed by atoms with Crippen LogP contribution in [-0.4, -0.2) is 40.0 Å². The smallest absolute Gasteiger partial charge is 0.274 e. The van der Waals surface area contributed by atoms with E-state index in [1.807, 2.05) is 0 Å². The Hall–Kier alpha value is -2.05. The van der Waals surface area contributed by atoms with E-state index in [0.717, 1.165) is 5.56 Å². The van der Waals surface area contributed by atoms with E-state index in [9.17, 15) is 9.59 Å². The van der Waals surface area contributed by atoms with Gasteiger partial charge >= 0.3 is 0 Å². The van der Waals surface area contributed by atoms with Gasteiger partial charge in [-0.2, -0.15) is 5.10 Å². The largest absolute Gasteiger partial charge is 0.336 e.